The van der Waals surface area contributed by atoms with Crippen molar-refractivity contribution in [2.75, 3.05) is 0 Å². The summed E-state index contributed by atoms with van der Waals surface area (Å²) in [6.07, 6.45) is 3.21. The Labute approximate surface area is 143 Å². The van der Waals surface area contributed by atoms with Crippen LogP contribution in [0.2, 0.25) is 0 Å². The van der Waals surface area contributed by atoms with E-state index in [1.165, 1.54) is 0 Å². The third kappa shape index (κ3) is 4.74. The molecule has 0 unspecified atom stereocenters. The standard InChI is InChI=1S/C17H19F2N3O3/c18-10-7-11(19)9-14(8-10)25-13-3-1-12(2-4-13)20-17(24)15-5-6-16(23)22-21-15/h7-9,12-13H,1-6H2,(H,20,24)(H,22,23). The van der Waals surface area contributed by atoms with Gasteiger partial charge in [-0.05, 0) is 25.7 Å². The third-order valence-corrected chi connectivity index (χ3v) is 4.31. The minimum Gasteiger partial charge on any atom is -0.490 e. The normalized spacial score (nSPS) is 23.4. The zero-order valence-corrected chi connectivity index (χ0v) is 13.6. The molecule has 1 saturated carbocycles. The molecule has 2 N–H and O–H groups in total. The summed E-state index contributed by atoms with van der Waals surface area (Å²) < 4.78 is 32.0. The van der Waals surface area contributed by atoms with Gasteiger partial charge in [0.05, 0.1) is 6.10 Å². The first-order chi connectivity index (χ1) is 12.0. The Kier molecular flexibility index (Phi) is 5.25. The van der Waals surface area contributed by atoms with E-state index in [4.69, 9.17) is 4.74 Å². The lowest BCUT2D eigenvalue weighted by atomic mass is 9.92. The molecule has 8 heteroatoms. The number of ether oxygens (including phenoxy) is 1. The Morgan fingerprint density at radius 2 is 1.80 bits per heavy atom. The molecule has 1 aromatic carbocycles. The highest BCUT2D eigenvalue weighted by Gasteiger charge is 2.26. The van der Waals surface area contributed by atoms with Gasteiger partial charge in [0, 0.05) is 37.1 Å². The summed E-state index contributed by atoms with van der Waals surface area (Å²) in [5, 5.41) is 6.68. The van der Waals surface area contributed by atoms with Crippen molar-refractivity contribution in [3.8, 4) is 5.75 Å². The molecule has 0 saturated heterocycles. The van der Waals surface area contributed by atoms with Gasteiger partial charge in [-0.1, -0.05) is 0 Å². The summed E-state index contributed by atoms with van der Waals surface area (Å²) in [7, 11) is 0. The average Bonchev–Trinajstić information content (AvgIpc) is 2.56. The predicted octanol–water partition coefficient (Wildman–Crippen LogP) is 2.04. The van der Waals surface area contributed by atoms with Gasteiger partial charge in [-0.25, -0.2) is 14.2 Å². The van der Waals surface area contributed by atoms with Gasteiger partial charge in [0.1, 0.15) is 23.1 Å². The lowest BCUT2D eigenvalue weighted by molar-refractivity contribution is -0.121. The Bertz CT molecular complexity index is 680. The molecule has 1 aliphatic heterocycles. The quantitative estimate of drug-likeness (QED) is 0.871. The third-order valence-electron chi connectivity index (χ3n) is 4.31. The number of carbonyl (C=O) groups is 2. The van der Waals surface area contributed by atoms with Crippen molar-refractivity contribution in [2.24, 2.45) is 5.10 Å². The molecule has 6 nitrogen and oxygen atoms in total. The van der Waals surface area contributed by atoms with Crippen LogP contribution < -0.4 is 15.5 Å². The number of carbonyl (C=O) groups excluding carboxylic acids is 2. The zero-order chi connectivity index (χ0) is 17.8. The Morgan fingerprint density at radius 1 is 1.12 bits per heavy atom. The van der Waals surface area contributed by atoms with E-state index in [0.717, 1.165) is 18.2 Å². The van der Waals surface area contributed by atoms with Gasteiger partial charge in [0.15, 0.2) is 0 Å². The first kappa shape index (κ1) is 17.3. The van der Waals surface area contributed by atoms with E-state index in [0.29, 0.717) is 37.8 Å². The fourth-order valence-electron chi connectivity index (χ4n) is 3.02. The van der Waals surface area contributed by atoms with Crippen LogP contribution in [0, 0.1) is 11.6 Å². The van der Waals surface area contributed by atoms with Gasteiger partial charge in [0.25, 0.3) is 5.91 Å². The first-order valence-corrected chi connectivity index (χ1v) is 8.28. The lowest BCUT2D eigenvalue weighted by Gasteiger charge is -2.29. The first-order valence-electron chi connectivity index (χ1n) is 8.28. The Morgan fingerprint density at radius 3 is 2.40 bits per heavy atom. The Balaban J connectivity index is 1.47. The van der Waals surface area contributed by atoms with E-state index >= 15 is 0 Å². The molecule has 1 aromatic rings. The second-order valence-corrected chi connectivity index (χ2v) is 6.26. The van der Waals surface area contributed by atoms with E-state index in [2.05, 4.69) is 15.8 Å². The number of nitrogens with zero attached hydrogens (tertiary/aromatic N) is 1. The second-order valence-electron chi connectivity index (χ2n) is 6.26. The minimum atomic E-state index is -0.670. The SMILES string of the molecule is O=C1CCC(C(=O)NC2CCC(Oc3cc(F)cc(F)c3)CC2)=NN1. The second kappa shape index (κ2) is 7.58. The highest BCUT2D eigenvalue weighted by atomic mass is 19.1. The number of nitrogens with one attached hydrogen (secondary N) is 2. The molecule has 1 aliphatic carbocycles. The molecule has 3 rings (SSSR count). The van der Waals surface area contributed by atoms with Crippen LogP contribution in [0.5, 0.6) is 5.75 Å². The molecule has 0 spiro atoms. The number of hydrogen-bond acceptors (Lipinski definition) is 4. The molecular weight excluding hydrogens is 332 g/mol. The molecule has 1 heterocycles. The van der Waals surface area contributed by atoms with E-state index < -0.39 is 11.6 Å². The summed E-state index contributed by atoms with van der Waals surface area (Å²) >= 11 is 0. The van der Waals surface area contributed by atoms with Crippen LogP contribution in [0.15, 0.2) is 23.3 Å². The van der Waals surface area contributed by atoms with E-state index in [1.54, 1.807) is 0 Å². The van der Waals surface area contributed by atoms with Crippen molar-refractivity contribution < 1.29 is 23.1 Å². The van der Waals surface area contributed by atoms with E-state index in [9.17, 15) is 18.4 Å². The van der Waals surface area contributed by atoms with Gasteiger partial charge >= 0.3 is 0 Å². The number of halogens is 2. The number of benzene rings is 1. The van der Waals surface area contributed by atoms with Gasteiger partial charge in [-0.15, -0.1) is 0 Å². The highest BCUT2D eigenvalue weighted by molar-refractivity contribution is 6.39. The van der Waals surface area contributed by atoms with Crippen LogP contribution in [0.1, 0.15) is 38.5 Å². The van der Waals surface area contributed by atoms with Crippen molar-refractivity contribution in [3.05, 3.63) is 29.8 Å². The summed E-state index contributed by atoms with van der Waals surface area (Å²) in [5.74, 6) is -1.62. The number of hydrogen-bond donors (Lipinski definition) is 2. The Hall–Kier alpha value is -2.51. The van der Waals surface area contributed by atoms with Crippen LogP contribution in [-0.2, 0) is 9.59 Å². The lowest BCUT2D eigenvalue weighted by Crippen LogP contribution is -2.44. The maximum atomic E-state index is 13.2. The van der Waals surface area contributed by atoms with Crippen LogP contribution in [0.3, 0.4) is 0 Å². The van der Waals surface area contributed by atoms with Gasteiger partial charge < -0.3 is 10.1 Å². The zero-order valence-electron chi connectivity index (χ0n) is 13.6. The number of hydrazone groups is 1. The average molecular weight is 351 g/mol. The molecule has 2 aliphatic rings. The molecule has 2 amide bonds. The van der Waals surface area contributed by atoms with Crippen molar-refractivity contribution in [2.45, 2.75) is 50.7 Å². The molecule has 0 atom stereocenters. The molecular formula is C17H19F2N3O3. The van der Waals surface area contributed by atoms with Crippen molar-refractivity contribution in [1.29, 1.82) is 0 Å². The van der Waals surface area contributed by atoms with Gasteiger partial charge in [0.2, 0.25) is 5.91 Å². The van der Waals surface area contributed by atoms with Crippen LogP contribution in [0.4, 0.5) is 8.78 Å². The smallest absolute Gasteiger partial charge is 0.267 e. The summed E-state index contributed by atoms with van der Waals surface area (Å²) in [4.78, 5) is 23.2. The van der Waals surface area contributed by atoms with E-state index in [1.807, 2.05) is 0 Å². The maximum absolute atomic E-state index is 13.2. The van der Waals surface area contributed by atoms with E-state index in [-0.39, 0.29) is 36.1 Å². The molecule has 0 aromatic heterocycles. The van der Waals surface area contributed by atoms with Crippen molar-refractivity contribution in [3.63, 3.8) is 0 Å². The van der Waals surface area contributed by atoms with Gasteiger partial charge in [-0.3, -0.25) is 9.59 Å². The molecule has 134 valence electrons. The summed E-state index contributed by atoms with van der Waals surface area (Å²) in [6.45, 7) is 0. The molecule has 25 heavy (non-hydrogen) atoms. The van der Waals surface area contributed by atoms with Crippen LogP contribution >= 0.6 is 0 Å². The van der Waals surface area contributed by atoms with Crippen LogP contribution in [0.25, 0.3) is 0 Å². The minimum absolute atomic E-state index is 0.00285. The van der Waals surface area contributed by atoms with Crippen LogP contribution in [-0.4, -0.2) is 29.7 Å². The fraction of sp³-hybridized carbons (Fsp3) is 0.471. The molecule has 0 bridgehead atoms. The van der Waals surface area contributed by atoms with Crippen molar-refractivity contribution in [1.82, 2.24) is 10.7 Å². The topological polar surface area (TPSA) is 79.8 Å². The molecule has 0 radical (unpaired) electrons. The fourth-order valence-corrected chi connectivity index (χ4v) is 3.02. The predicted molar refractivity (Wildman–Crippen MR) is 86.0 cm³/mol. The summed E-state index contributed by atoms with van der Waals surface area (Å²) in [6, 6.07) is 3.12. The van der Waals surface area contributed by atoms with Crippen molar-refractivity contribution >= 4 is 17.5 Å². The number of rotatable bonds is 4. The number of amides is 2. The monoisotopic (exact) mass is 351 g/mol. The maximum Gasteiger partial charge on any atom is 0.267 e. The largest absolute Gasteiger partial charge is 0.490 e. The van der Waals surface area contributed by atoms with Gasteiger partial charge in [-0.2, -0.15) is 5.10 Å². The summed E-state index contributed by atoms with van der Waals surface area (Å²) in [5.41, 5.74) is 2.63. The highest BCUT2D eigenvalue weighted by Crippen LogP contribution is 2.25. The molecule has 1 fully saturated rings.